The van der Waals surface area contributed by atoms with Crippen LogP contribution in [0.5, 0.6) is 23.0 Å². The first-order valence-electron chi connectivity index (χ1n) is 10.4. The first-order valence-corrected chi connectivity index (χ1v) is 11.9. The molecule has 0 aromatic heterocycles. The number of unbranched alkanes of at least 4 members (excludes halogenated alkanes) is 5. The Kier molecular flexibility index (Phi) is 10.1. The maximum atomic E-state index is 5.75. The van der Waals surface area contributed by atoms with Crippen LogP contribution in [0, 0.1) is 0 Å². The molecule has 0 saturated carbocycles. The Morgan fingerprint density at radius 1 is 0.586 bits per heavy atom. The summed E-state index contributed by atoms with van der Waals surface area (Å²) in [7, 11) is 6.09. The lowest BCUT2D eigenvalue weighted by Crippen LogP contribution is -2.21. The van der Waals surface area contributed by atoms with E-state index in [1.165, 1.54) is 32.1 Å². The molecule has 0 atom stereocenters. The number of methoxy groups -OCH3 is 4. The molecule has 0 fully saturated rings. The van der Waals surface area contributed by atoms with E-state index in [0.717, 1.165) is 46.2 Å². The summed E-state index contributed by atoms with van der Waals surface area (Å²) < 4.78 is 23.0. The standard InChI is InChI=1S/C24H35O4P/c1-6-7-8-9-10-11-18-29(23-19(25-2)14-12-15-20(23)26-3)24-21(27-4)16-13-17-22(24)28-5/h12-17H,6-11,18H2,1-5H3. The van der Waals surface area contributed by atoms with Crippen molar-refractivity contribution in [3.8, 4) is 23.0 Å². The second kappa shape index (κ2) is 12.6. The minimum atomic E-state index is -0.782. The highest BCUT2D eigenvalue weighted by molar-refractivity contribution is 7.73. The van der Waals surface area contributed by atoms with Gasteiger partial charge in [0.15, 0.2) is 0 Å². The van der Waals surface area contributed by atoms with Crippen LogP contribution in [0.4, 0.5) is 0 Å². The van der Waals surface area contributed by atoms with E-state index in [2.05, 4.69) is 6.92 Å². The van der Waals surface area contributed by atoms with Gasteiger partial charge in [0.2, 0.25) is 0 Å². The molecule has 5 heteroatoms. The van der Waals surface area contributed by atoms with Gasteiger partial charge in [-0.15, -0.1) is 0 Å². The molecule has 2 aromatic carbocycles. The van der Waals surface area contributed by atoms with Crippen molar-refractivity contribution in [1.82, 2.24) is 0 Å². The Bertz CT molecular complexity index is 648. The molecule has 4 nitrogen and oxygen atoms in total. The Morgan fingerprint density at radius 3 is 1.34 bits per heavy atom. The molecule has 0 unspecified atom stereocenters. The molecule has 0 aliphatic carbocycles. The second-order valence-electron chi connectivity index (χ2n) is 6.94. The van der Waals surface area contributed by atoms with Crippen LogP contribution in [-0.2, 0) is 0 Å². The Hall–Kier alpha value is -1.93. The van der Waals surface area contributed by atoms with Crippen molar-refractivity contribution >= 4 is 18.5 Å². The SMILES string of the molecule is CCCCCCCCP(c1c(OC)cccc1OC)c1c(OC)cccc1OC. The van der Waals surface area contributed by atoms with Gasteiger partial charge < -0.3 is 18.9 Å². The van der Waals surface area contributed by atoms with Crippen LogP contribution in [0.25, 0.3) is 0 Å². The maximum Gasteiger partial charge on any atom is 0.130 e. The van der Waals surface area contributed by atoms with E-state index in [4.69, 9.17) is 18.9 Å². The van der Waals surface area contributed by atoms with Crippen LogP contribution in [-0.4, -0.2) is 34.6 Å². The average Bonchev–Trinajstić information content (AvgIpc) is 2.77. The molecule has 2 rings (SSSR count). The zero-order valence-corrected chi connectivity index (χ0v) is 19.4. The van der Waals surface area contributed by atoms with Crippen molar-refractivity contribution in [1.29, 1.82) is 0 Å². The fourth-order valence-electron chi connectivity index (χ4n) is 3.58. The zero-order chi connectivity index (χ0) is 21.1. The summed E-state index contributed by atoms with van der Waals surface area (Å²) >= 11 is 0. The number of rotatable bonds is 13. The van der Waals surface area contributed by atoms with E-state index in [1.54, 1.807) is 28.4 Å². The van der Waals surface area contributed by atoms with Crippen LogP contribution in [0.2, 0.25) is 0 Å². The summed E-state index contributed by atoms with van der Waals surface area (Å²) in [5.74, 6) is 3.42. The van der Waals surface area contributed by atoms with Crippen molar-refractivity contribution < 1.29 is 18.9 Å². The minimum Gasteiger partial charge on any atom is -0.496 e. The lowest BCUT2D eigenvalue weighted by molar-refractivity contribution is 0.399. The maximum absolute atomic E-state index is 5.75. The van der Waals surface area contributed by atoms with Gasteiger partial charge in [0.25, 0.3) is 0 Å². The predicted molar refractivity (Wildman–Crippen MR) is 124 cm³/mol. The van der Waals surface area contributed by atoms with Crippen LogP contribution < -0.4 is 29.6 Å². The van der Waals surface area contributed by atoms with Gasteiger partial charge in [-0.2, -0.15) is 0 Å². The molecule has 0 N–H and O–H groups in total. The molecule has 0 aliphatic rings. The van der Waals surface area contributed by atoms with Gasteiger partial charge in [-0.05, 0) is 44.8 Å². The van der Waals surface area contributed by atoms with E-state index < -0.39 is 7.92 Å². The van der Waals surface area contributed by atoms with Gasteiger partial charge in [0.05, 0.1) is 39.0 Å². The molecule has 29 heavy (non-hydrogen) atoms. The van der Waals surface area contributed by atoms with E-state index in [9.17, 15) is 0 Å². The van der Waals surface area contributed by atoms with E-state index in [-0.39, 0.29) is 0 Å². The number of hydrogen-bond acceptors (Lipinski definition) is 4. The average molecular weight is 419 g/mol. The molecule has 0 amide bonds. The van der Waals surface area contributed by atoms with Gasteiger partial charge in [-0.25, -0.2) is 0 Å². The molecular weight excluding hydrogens is 383 g/mol. The van der Waals surface area contributed by atoms with Crippen molar-refractivity contribution in [3.05, 3.63) is 36.4 Å². The first-order chi connectivity index (χ1) is 14.2. The van der Waals surface area contributed by atoms with Gasteiger partial charge in [-0.3, -0.25) is 0 Å². The highest BCUT2D eigenvalue weighted by atomic mass is 31.1. The highest BCUT2D eigenvalue weighted by Gasteiger charge is 2.27. The fourth-order valence-corrected chi connectivity index (χ4v) is 6.52. The molecule has 0 saturated heterocycles. The van der Waals surface area contributed by atoms with Crippen LogP contribution in [0.1, 0.15) is 45.4 Å². The second-order valence-corrected chi connectivity index (χ2v) is 9.14. The van der Waals surface area contributed by atoms with Crippen molar-refractivity contribution in [2.45, 2.75) is 45.4 Å². The Balaban J connectivity index is 2.46. The lowest BCUT2D eigenvalue weighted by atomic mass is 10.1. The first kappa shape index (κ1) is 23.3. The van der Waals surface area contributed by atoms with Crippen LogP contribution >= 0.6 is 7.92 Å². The number of benzene rings is 2. The normalized spacial score (nSPS) is 10.8. The largest absolute Gasteiger partial charge is 0.496 e. The molecule has 2 aromatic rings. The van der Waals surface area contributed by atoms with Gasteiger partial charge >= 0.3 is 0 Å². The van der Waals surface area contributed by atoms with Crippen LogP contribution in [0.15, 0.2) is 36.4 Å². The Morgan fingerprint density at radius 2 is 0.966 bits per heavy atom. The summed E-state index contributed by atoms with van der Waals surface area (Å²) in [6.45, 7) is 2.25. The third kappa shape index (κ3) is 6.02. The van der Waals surface area contributed by atoms with Gasteiger partial charge in [0.1, 0.15) is 23.0 Å². The van der Waals surface area contributed by atoms with Crippen molar-refractivity contribution in [3.63, 3.8) is 0 Å². The fraction of sp³-hybridized carbons (Fsp3) is 0.500. The molecule has 160 valence electrons. The summed E-state index contributed by atoms with van der Waals surface area (Å²) in [6.07, 6.45) is 8.59. The number of ether oxygens (including phenoxy) is 4. The van der Waals surface area contributed by atoms with Crippen LogP contribution in [0.3, 0.4) is 0 Å². The van der Waals surface area contributed by atoms with E-state index >= 15 is 0 Å². The Labute approximate surface area is 177 Å². The summed E-state index contributed by atoms with van der Waals surface area (Å²) in [4.78, 5) is 0. The third-order valence-electron chi connectivity index (χ3n) is 5.08. The monoisotopic (exact) mass is 418 g/mol. The predicted octanol–water partition coefficient (Wildman–Crippen LogP) is 5.51. The summed E-state index contributed by atoms with van der Waals surface area (Å²) in [6, 6.07) is 12.0. The molecule has 0 aliphatic heterocycles. The smallest absolute Gasteiger partial charge is 0.130 e. The van der Waals surface area contributed by atoms with E-state index in [1.807, 2.05) is 36.4 Å². The topological polar surface area (TPSA) is 36.9 Å². The molecule has 0 bridgehead atoms. The van der Waals surface area contributed by atoms with Crippen molar-refractivity contribution in [2.75, 3.05) is 34.6 Å². The van der Waals surface area contributed by atoms with Gasteiger partial charge in [0, 0.05) is 0 Å². The van der Waals surface area contributed by atoms with Crippen molar-refractivity contribution in [2.24, 2.45) is 0 Å². The molecular formula is C24H35O4P. The number of hydrogen-bond donors (Lipinski definition) is 0. The molecule has 0 heterocycles. The molecule has 0 radical (unpaired) electrons. The molecule has 0 spiro atoms. The summed E-state index contributed by atoms with van der Waals surface area (Å²) in [5, 5.41) is 2.23. The quantitative estimate of drug-likeness (QED) is 0.317. The third-order valence-corrected chi connectivity index (χ3v) is 7.80. The summed E-state index contributed by atoms with van der Waals surface area (Å²) in [5.41, 5.74) is 0. The van der Waals surface area contributed by atoms with Gasteiger partial charge in [-0.1, -0.05) is 51.2 Å². The highest BCUT2D eigenvalue weighted by Crippen LogP contribution is 2.46. The lowest BCUT2D eigenvalue weighted by Gasteiger charge is -2.26. The minimum absolute atomic E-state index is 0.782. The zero-order valence-electron chi connectivity index (χ0n) is 18.5. The van der Waals surface area contributed by atoms with E-state index in [0.29, 0.717) is 0 Å².